The van der Waals surface area contributed by atoms with Gasteiger partial charge in [0.15, 0.2) is 0 Å². The fraction of sp³-hybridized carbons (Fsp3) is 0.556. The molecule has 6 nitrogen and oxygen atoms in total. The van der Waals surface area contributed by atoms with Gasteiger partial charge in [0.25, 0.3) is 0 Å². The molecule has 0 atom stereocenters. The summed E-state index contributed by atoms with van der Waals surface area (Å²) in [6.07, 6.45) is -4.10. The number of likely N-dealkylation sites (tertiary alicyclic amines) is 1. The molecule has 1 aromatic carbocycles. The average molecular weight is 422 g/mol. The van der Waals surface area contributed by atoms with Gasteiger partial charge in [-0.1, -0.05) is 11.6 Å². The Bertz CT molecular complexity index is 727. The van der Waals surface area contributed by atoms with Crippen LogP contribution in [-0.2, 0) is 10.9 Å². The standard InChI is InChI=1S/C18H23ClF3N3O3/c1-17(2,3)28-16(27)24-11-6-8-25(9-7-11)15(26)23-12-4-5-14(19)13(10-12)18(20,21)22/h4-5,10-11H,6-9H2,1-3H3,(H,23,26)(H,24,27). The van der Waals surface area contributed by atoms with Crippen LogP contribution in [0.2, 0.25) is 5.02 Å². The van der Waals surface area contributed by atoms with Crippen LogP contribution in [0, 0.1) is 0 Å². The molecule has 0 aliphatic carbocycles. The number of urea groups is 1. The van der Waals surface area contributed by atoms with Gasteiger partial charge in [-0.3, -0.25) is 0 Å². The Morgan fingerprint density at radius 2 is 1.79 bits per heavy atom. The van der Waals surface area contributed by atoms with Gasteiger partial charge in [0.05, 0.1) is 10.6 Å². The molecular formula is C18H23ClF3N3O3. The normalized spacial score (nSPS) is 15.9. The Balaban J connectivity index is 1.88. The first kappa shape index (κ1) is 22.1. The number of benzene rings is 1. The zero-order valence-corrected chi connectivity index (χ0v) is 16.6. The molecule has 1 saturated heterocycles. The highest BCUT2D eigenvalue weighted by Gasteiger charge is 2.33. The molecule has 28 heavy (non-hydrogen) atoms. The van der Waals surface area contributed by atoms with Gasteiger partial charge in [0.1, 0.15) is 5.60 Å². The maximum Gasteiger partial charge on any atom is 0.417 e. The number of piperidine rings is 1. The van der Waals surface area contributed by atoms with E-state index in [1.165, 1.54) is 11.0 Å². The number of hydrogen-bond acceptors (Lipinski definition) is 3. The molecule has 2 N–H and O–H groups in total. The summed E-state index contributed by atoms with van der Waals surface area (Å²) < 4.78 is 44.0. The molecule has 1 aromatic rings. The van der Waals surface area contributed by atoms with E-state index in [-0.39, 0.29) is 11.7 Å². The lowest BCUT2D eigenvalue weighted by Crippen LogP contribution is -2.48. The van der Waals surface area contributed by atoms with E-state index in [1.807, 2.05) is 0 Å². The summed E-state index contributed by atoms with van der Waals surface area (Å²) in [6, 6.07) is 2.57. The molecule has 0 radical (unpaired) electrons. The SMILES string of the molecule is CC(C)(C)OC(=O)NC1CCN(C(=O)Nc2ccc(Cl)c(C(F)(F)F)c2)CC1. The van der Waals surface area contributed by atoms with E-state index in [4.69, 9.17) is 16.3 Å². The quantitative estimate of drug-likeness (QED) is 0.715. The highest BCUT2D eigenvalue weighted by Crippen LogP contribution is 2.36. The van der Waals surface area contributed by atoms with Crippen molar-refractivity contribution < 1.29 is 27.5 Å². The van der Waals surface area contributed by atoms with Crippen LogP contribution in [0.3, 0.4) is 0 Å². The van der Waals surface area contributed by atoms with Crippen molar-refractivity contribution in [3.63, 3.8) is 0 Å². The van der Waals surface area contributed by atoms with Crippen molar-refractivity contribution in [1.29, 1.82) is 0 Å². The topological polar surface area (TPSA) is 70.7 Å². The predicted molar refractivity (Wildman–Crippen MR) is 99.4 cm³/mol. The largest absolute Gasteiger partial charge is 0.444 e. The Morgan fingerprint density at radius 1 is 1.18 bits per heavy atom. The molecule has 0 saturated carbocycles. The first-order chi connectivity index (χ1) is 12.8. The van der Waals surface area contributed by atoms with Gasteiger partial charge in [-0.15, -0.1) is 0 Å². The molecule has 1 aliphatic rings. The monoisotopic (exact) mass is 421 g/mol. The molecular weight excluding hydrogens is 399 g/mol. The van der Waals surface area contributed by atoms with Gasteiger partial charge in [0, 0.05) is 24.8 Å². The number of halogens is 4. The molecule has 1 fully saturated rings. The second-order valence-corrected chi connectivity index (χ2v) is 7.94. The van der Waals surface area contributed by atoms with Gasteiger partial charge in [-0.05, 0) is 51.8 Å². The van der Waals surface area contributed by atoms with Gasteiger partial charge < -0.3 is 20.3 Å². The number of amides is 3. The first-order valence-corrected chi connectivity index (χ1v) is 9.15. The van der Waals surface area contributed by atoms with Crippen LogP contribution in [0.5, 0.6) is 0 Å². The third kappa shape index (κ3) is 6.47. The van der Waals surface area contributed by atoms with E-state index in [0.29, 0.717) is 25.9 Å². The van der Waals surface area contributed by atoms with E-state index in [0.717, 1.165) is 12.1 Å². The van der Waals surface area contributed by atoms with Crippen LogP contribution in [-0.4, -0.2) is 41.8 Å². The third-order valence-electron chi connectivity index (χ3n) is 4.03. The highest BCUT2D eigenvalue weighted by molar-refractivity contribution is 6.31. The molecule has 0 aromatic heterocycles. The van der Waals surface area contributed by atoms with Gasteiger partial charge in [-0.2, -0.15) is 13.2 Å². The zero-order chi connectivity index (χ0) is 21.1. The number of alkyl halides is 3. The molecule has 0 unspecified atom stereocenters. The summed E-state index contributed by atoms with van der Waals surface area (Å²) in [4.78, 5) is 25.6. The minimum atomic E-state index is -4.61. The van der Waals surface area contributed by atoms with Crippen LogP contribution in [0.15, 0.2) is 18.2 Å². The Hall–Kier alpha value is -2.16. The molecule has 156 valence electrons. The smallest absolute Gasteiger partial charge is 0.417 e. The molecule has 1 aliphatic heterocycles. The minimum absolute atomic E-state index is 0.00993. The zero-order valence-electron chi connectivity index (χ0n) is 15.8. The molecule has 0 bridgehead atoms. The van der Waals surface area contributed by atoms with Gasteiger partial charge in [-0.25, -0.2) is 9.59 Å². The van der Waals surface area contributed by atoms with E-state index in [9.17, 15) is 22.8 Å². The number of nitrogens with zero attached hydrogens (tertiary/aromatic N) is 1. The summed E-state index contributed by atoms with van der Waals surface area (Å²) in [5.41, 5.74) is -1.60. The van der Waals surface area contributed by atoms with Crippen LogP contribution in [0.4, 0.5) is 28.4 Å². The van der Waals surface area contributed by atoms with E-state index < -0.39 is 34.5 Å². The molecule has 1 heterocycles. The van der Waals surface area contributed by atoms with E-state index in [2.05, 4.69) is 10.6 Å². The van der Waals surface area contributed by atoms with Crippen LogP contribution in [0.1, 0.15) is 39.2 Å². The molecule has 2 rings (SSSR count). The maximum absolute atomic E-state index is 12.9. The van der Waals surface area contributed by atoms with Crippen molar-refractivity contribution in [3.05, 3.63) is 28.8 Å². The number of hydrogen-bond donors (Lipinski definition) is 2. The Kier molecular flexibility index (Phi) is 6.69. The minimum Gasteiger partial charge on any atom is -0.444 e. The van der Waals surface area contributed by atoms with Gasteiger partial charge >= 0.3 is 18.3 Å². The Labute approximate surface area is 166 Å². The third-order valence-corrected chi connectivity index (χ3v) is 4.36. The lowest BCUT2D eigenvalue weighted by molar-refractivity contribution is -0.137. The summed E-state index contributed by atoms with van der Waals surface area (Å²) >= 11 is 5.58. The second-order valence-electron chi connectivity index (χ2n) is 7.53. The van der Waals surface area contributed by atoms with Crippen LogP contribution < -0.4 is 10.6 Å². The average Bonchev–Trinajstić information content (AvgIpc) is 2.54. The van der Waals surface area contributed by atoms with Gasteiger partial charge in [0.2, 0.25) is 0 Å². The number of rotatable bonds is 2. The van der Waals surface area contributed by atoms with Crippen molar-refractivity contribution in [2.24, 2.45) is 0 Å². The second kappa shape index (κ2) is 8.46. The van der Waals surface area contributed by atoms with Crippen molar-refractivity contribution in [1.82, 2.24) is 10.2 Å². The van der Waals surface area contributed by atoms with E-state index >= 15 is 0 Å². The lowest BCUT2D eigenvalue weighted by atomic mass is 10.1. The van der Waals surface area contributed by atoms with Crippen LogP contribution >= 0.6 is 11.6 Å². The fourth-order valence-electron chi connectivity index (χ4n) is 2.72. The van der Waals surface area contributed by atoms with Crippen molar-refractivity contribution >= 4 is 29.4 Å². The fourth-order valence-corrected chi connectivity index (χ4v) is 2.95. The summed E-state index contributed by atoms with van der Waals surface area (Å²) in [5, 5.41) is 4.78. The van der Waals surface area contributed by atoms with E-state index in [1.54, 1.807) is 20.8 Å². The summed E-state index contributed by atoms with van der Waals surface area (Å²) in [7, 11) is 0. The predicted octanol–water partition coefficient (Wildman–Crippen LogP) is 4.88. The first-order valence-electron chi connectivity index (χ1n) is 8.77. The molecule has 0 spiro atoms. The number of carbonyl (C=O) groups excluding carboxylic acids is 2. The number of ether oxygens (including phenoxy) is 1. The lowest BCUT2D eigenvalue weighted by Gasteiger charge is -2.32. The molecule has 3 amide bonds. The highest BCUT2D eigenvalue weighted by atomic mass is 35.5. The van der Waals surface area contributed by atoms with Crippen LogP contribution in [0.25, 0.3) is 0 Å². The number of nitrogens with one attached hydrogen (secondary N) is 2. The Morgan fingerprint density at radius 3 is 2.32 bits per heavy atom. The number of anilines is 1. The van der Waals surface area contributed by atoms with Crippen molar-refractivity contribution in [2.45, 2.75) is 51.4 Å². The number of alkyl carbamates (subject to hydrolysis) is 1. The molecule has 10 heteroatoms. The summed E-state index contributed by atoms with van der Waals surface area (Å²) in [6.45, 7) is 6.00. The number of carbonyl (C=O) groups is 2. The maximum atomic E-state index is 12.9. The van der Waals surface area contributed by atoms with Crippen molar-refractivity contribution in [3.8, 4) is 0 Å². The summed E-state index contributed by atoms with van der Waals surface area (Å²) in [5.74, 6) is 0. The van der Waals surface area contributed by atoms with Crippen molar-refractivity contribution in [2.75, 3.05) is 18.4 Å².